The Morgan fingerprint density at radius 2 is 1.11 bits per heavy atom. The van der Waals surface area contributed by atoms with Gasteiger partial charge in [0.2, 0.25) is 0 Å². The minimum atomic E-state index is 0.941. The van der Waals surface area contributed by atoms with Crippen LogP contribution < -0.4 is 4.90 Å². The third-order valence-electron chi connectivity index (χ3n) is 6.72. The fourth-order valence-electron chi connectivity index (χ4n) is 4.81. The molecule has 0 saturated carbocycles. The summed E-state index contributed by atoms with van der Waals surface area (Å²) in [5.74, 6) is 0. The fraction of sp³-hybridized carbons (Fsp3) is 0.0909. The lowest BCUT2D eigenvalue weighted by atomic mass is 10.0. The highest BCUT2D eigenvalue weighted by molar-refractivity contribution is 7.25. The SMILES string of the molecule is CN(c1ccc(Cc2ccc3sc4ccccc4c3c2)cc1)c1cccc(Cc2ccccc2)c1. The summed E-state index contributed by atoms with van der Waals surface area (Å²) in [5, 5.41) is 2.73. The topological polar surface area (TPSA) is 3.24 Å². The molecule has 0 unspecified atom stereocenters. The highest BCUT2D eigenvalue weighted by atomic mass is 32.1. The summed E-state index contributed by atoms with van der Waals surface area (Å²) in [6, 6.07) is 44.1. The molecule has 0 radical (unpaired) electrons. The van der Waals surface area contributed by atoms with Crippen LogP contribution in [0, 0.1) is 0 Å². The van der Waals surface area contributed by atoms with Crippen LogP contribution in [0.3, 0.4) is 0 Å². The van der Waals surface area contributed by atoms with E-state index in [0.29, 0.717) is 0 Å². The van der Waals surface area contributed by atoms with E-state index in [4.69, 9.17) is 0 Å². The van der Waals surface area contributed by atoms with Gasteiger partial charge < -0.3 is 4.90 Å². The summed E-state index contributed by atoms with van der Waals surface area (Å²) in [7, 11) is 2.15. The Labute approximate surface area is 210 Å². The second-order valence-corrected chi connectivity index (χ2v) is 10.2. The van der Waals surface area contributed by atoms with E-state index in [-0.39, 0.29) is 0 Å². The Morgan fingerprint density at radius 1 is 0.486 bits per heavy atom. The van der Waals surface area contributed by atoms with Crippen LogP contribution in [0.2, 0.25) is 0 Å². The number of hydrogen-bond acceptors (Lipinski definition) is 2. The fourth-order valence-corrected chi connectivity index (χ4v) is 5.90. The van der Waals surface area contributed by atoms with Crippen molar-refractivity contribution in [2.24, 2.45) is 0 Å². The normalized spacial score (nSPS) is 11.2. The van der Waals surface area contributed by atoms with Gasteiger partial charge in [0.25, 0.3) is 0 Å². The molecule has 0 saturated heterocycles. The van der Waals surface area contributed by atoms with Gasteiger partial charge in [-0.2, -0.15) is 0 Å². The minimum absolute atomic E-state index is 0.941. The van der Waals surface area contributed by atoms with Crippen LogP contribution in [0.15, 0.2) is 121 Å². The molecule has 5 aromatic carbocycles. The van der Waals surface area contributed by atoms with Gasteiger partial charge in [0.1, 0.15) is 0 Å². The van der Waals surface area contributed by atoms with Gasteiger partial charge in [0, 0.05) is 38.6 Å². The molecular weight excluding hydrogens is 442 g/mol. The van der Waals surface area contributed by atoms with E-state index in [1.807, 2.05) is 11.3 Å². The number of hydrogen-bond donors (Lipinski definition) is 0. The van der Waals surface area contributed by atoms with Crippen molar-refractivity contribution in [2.45, 2.75) is 12.8 Å². The van der Waals surface area contributed by atoms with Crippen molar-refractivity contribution in [2.75, 3.05) is 11.9 Å². The number of nitrogens with zero attached hydrogens (tertiary/aromatic N) is 1. The average Bonchev–Trinajstić information content (AvgIpc) is 3.28. The van der Waals surface area contributed by atoms with Crippen LogP contribution in [0.5, 0.6) is 0 Å². The lowest BCUT2D eigenvalue weighted by Crippen LogP contribution is -2.09. The minimum Gasteiger partial charge on any atom is -0.345 e. The first-order valence-corrected chi connectivity index (χ1v) is 12.9. The molecular formula is C33H27NS. The Bertz CT molecular complexity index is 1600. The van der Waals surface area contributed by atoms with Crippen molar-refractivity contribution in [1.82, 2.24) is 0 Å². The number of thiophene rings is 1. The Kier molecular flexibility index (Phi) is 5.81. The largest absolute Gasteiger partial charge is 0.345 e. The lowest BCUT2D eigenvalue weighted by molar-refractivity contribution is 1.15. The zero-order valence-electron chi connectivity index (χ0n) is 19.8. The highest BCUT2D eigenvalue weighted by Crippen LogP contribution is 2.34. The first kappa shape index (κ1) is 21.6. The van der Waals surface area contributed by atoms with Crippen LogP contribution in [0.4, 0.5) is 11.4 Å². The summed E-state index contributed by atoms with van der Waals surface area (Å²) in [4.78, 5) is 2.27. The van der Waals surface area contributed by atoms with Crippen molar-refractivity contribution < 1.29 is 0 Å². The molecule has 1 aromatic heterocycles. The summed E-state index contributed by atoms with van der Waals surface area (Å²) in [6.45, 7) is 0. The van der Waals surface area contributed by atoms with Gasteiger partial charge in [-0.3, -0.25) is 0 Å². The van der Waals surface area contributed by atoms with E-state index < -0.39 is 0 Å². The van der Waals surface area contributed by atoms with Crippen LogP contribution >= 0.6 is 11.3 Å². The quantitative estimate of drug-likeness (QED) is 0.235. The monoisotopic (exact) mass is 469 g/mol. The molecule has 6 aromatic rings. The highest BCUT2D eigenvalue weighted by Gasteiger charge is 2.08. The maximum Gasteiger partial charge on any atom is 0.0410 e. The lowest BCUT2D eigenvalue weighted by Gasteiger charge is -2.21. The average molecular weight is 470 g/mol. The molecule has 0 bridgehead atoms. The molecule has 0 atom stereocenters. The van der Waals surface area contributed by atoms with Crippen molar-refractivity contribution in [3.63, 3.8) is 0 Å². The second-order valence-electron chi connectivity index (χ2n) is 9.16. The molecule has 0 aliphatic carbocycles. The van der Waals surface area contributed by atoms with E-state index in [9.17, 15) is 0 Å². The Morgan fingerprint density at radius 3 is 1.94 bits per heavy atom. The summed E-state index contributed by atoms with van der Waals surface area (Å²) < 4.78 is 2.72. The summed E-state index contributed by atoms with van der Waals surface area (Å²) in [6.07, 6.45) is 1.89. The van der Waals surface area contributed by atoms with Crippen LogP contribution in [0.25, 0.3) is 20.2 Å². The molecule has 0 N–H and O–H groups in total. The first-order chi connectivity index (χ1) is 17.2. The molecule has 0 aliphatic rings. The number of benzene rings is 5. The zero-order valence-corrected chi connectivity index (χ0v) is 20.6. The van der Waals surface area contributed by atoms with E-state index in [0.717, 1.165) is 12.8 Å². The third-order valence-corrected chi connectivity index (χ3v) is 7.87. The molecule has 0 spiro atoms. The maximum absolute atomic E-state index is 2.37. The number of rotatable bonds is 6. The van der Waals surface area contributed by atoms with Crippen molar-refractivity contribution >= 4 is 42.9 Å². The van der Waals surface area contributed by atoms with Gasteiger partial charge >= 0.3 is 0 Å². The van der Waals surface area contributed by atoms with Gasteiger partial charge in [-0.25, -0.2) is 0 Å². The molecule has 2 heteroatoms. The number of anilines is 2. The van der Waals surface area contributed by atoms with E-state index in [1.54, 1.807) is 0 Å². The molecule has 35 heavy (non-hydrogen) atoms. The van der Waals surface area contributed by atoms with Crippen LogP contribution in [-0.2, 0) is 12.8 Å². The van der Waals surface area contributed by atoms with E-state index in [2.05, 4.69) is 133 Å². The molecule has 170 valence electrons. The Hall–Kier alpha value is -3.88. The van der Waals surface area contributed by atoms with E-state index >= 15 is 0 Å². The van der Waals surface area contributed by atoms with Gasteiger partial charge in [0.05, 0.1) is 0 Å². The predicted octanol–water partition coefficient (Wildman–Crippen LogP) is 9.00. The van der Waals surface area contributed by atoms with Crippen LogP contribution in [-0.4, -0.2) is 7.05 Å². The van der Waals surface area contributed by atoms with Crippen LogP contribution in [0.1, 0.15) is 22.3 Å². The second kappa shape index (κ2) is 9.40. The molecule has 1 heterocycles. The van der Waals surface area contributed by atoms with Crippen molar-refractivity contribution in [3.8, 4) is 0 Å². The molecule has 1 nitrogen and oxygen atoms in total. The third kappa shape index (κ3) is 4.58. The smallest absolute Gasteiger partial charge is 0.0410 e. The maximum atomic E-state index is 2.37. The van der Waals surface area contributed by atoms with Gasteiger partial charge in [-0.1, -0.05) is 78.9 Å². The Balaban J connectivity index is 1.19. The molecule has 0 aliphatic heterocycles. The van der Waals surface area contributed by atoms with E-state index in [1.165, 1.54) is 53.8 Å². The molecule has 0 fully saturated rings. The standard InChI is InChI=1S/C33H27NS/c1-34(29-11-7-10-26(22-29)20-24-8-3-2-4-9-24)28-17-14-25(15-18-28)21-27-16-19-33-31(23-27)30-12-5-6-13-32(30)35-33/h2-19,22-23H,20-21H2,1H3. The zero-order chi connectivity index (χ0) is 23.6. The van der Waals surface area contributed by atoms with Gasteiger partial charge in [-0.15, -0.1) is 11.3 Å². The molecule has 0 amide bonds. The van der Waals surface area contributed by atoms with Crippen molar-refractivity contribution in [1.29, 1.82) is 0 Å². The van der Waals surface area contributed by atoms with Gasteiger partial charge in [-0.05, 0) is 77.6 Å². The first-order valence-electron chi connectivity index (χ1n) is 12.1. The predicted molar refractivity (Wildman–Crippen MR) is 152 cm³/mol. The number of fused-ring (bicyclic) bond motifs is 3. The van der Waals surface area contributed by atoms with Crippen molar-refractivity contribution in [3.05, 3.63) is 144 Å². The summed E-state index contributed by atoms with van der Waals surface area (Å²) >= 11 is 1.88. The van der Waals surface area contributed by atoms with Gasteiger partial charge in [0.15, 0.2) is 0 Å². The summed E-state index contributed by atoms with van der Waals surface area (Å²) in [5.41, 5.74) is 7.76. The molecule has 6 rings (SSSR count).